The number of aliphatic hydroxyl groups is 2. The van der Waals surface area contributed by atoms with Crippen molar-refractivity contribution in [2.75, 3.05) is 14.2 Å². The van der Waals surface area contributed by atoms with Gasteiger partial charge in [0, 0.05) is 26.2 Å². The van der Waals surface area contributed by atoms with Crippen molar-refractivity contribution in [1.29, 1.82) is 0 Å². The molecule has 0 saturated carbocycles. The van der Waals surface area contributed by atoms with Crippen LogP contribution in [0.4, 0.5) is 0 Å². The Kier molecular flexibility index (Phi) is 4.82. The summed E-state index contributed by atoms with van der Waals surface area (Å²) in [6, 6.07) is 12.0. The lowest BCUT2D eigenvalue weighted by molar-refractivity contribution is 0.1000. The Bertz CT molecular complexity index is 513. The van der Waals surface area contributed by atoms with Gasteiger partial charge in [0.2, 0.25) is 0 Å². The first-order valence-electron chi connectivity index (χ1n) is 5.29. The van der Waals surface area contributed by atoms with Gasteiger partial charge in [0.05, 0.1) is 0 Å². The number of rotatable bonds is 0. The van der Waals surface area contributed by atoms with E-state index >= 15 is 0 Å². The lowest BCUT2D eigenvalue weighted by Gasteiger charge is -1.98. The van der Waals surface area contributed by atoms with Crippen LogP contribution in [0.15, 0.2) is 36.4 Å². The first-order valence-corrected chi connectivity index (χ1v) is 5.29. The smallest absolute Gasteiger partial charge is 0.167 e. The zero-order valence-corrected chi connectivity index (χ0v) is 9.97. The van der Waals surface area contributed by atoms with E-state index in [1.54, 1.807) is 0 Å². The first-order chi connectivity index (χ1) is 8.36. The molecule has 0 heterocycles. The standard InChI is InChI=1S/C12H8O.2CH4O/c13-11-7-9-5-1-3-8-4-2-6-10(11)12(8)9;2*1-2/h1-6H,7H2;2*2H,1H3. The molecule has 3 heteroatoms. The molecule has 0 unspecified atom stereocenters. The summed E-state index contributed by atoms with van der Waals surface area (Å²) in [5.41, 5.74) is 2.08. The zero-order chi connectivity index (χ0) is 12.8. The lowest BCUT2D eigenvalue weighted by atomic mass is 10.1. The van der Waals surface area contributed by atoms with Gasteiger partial charge in [0.15, 0.2) is 5.78 Å². The molecule has 0 aromatic heterocycles. The third-order valence-electron chi connectivity index (χ3n) is 2.64. The summed E-state index contributed by atoms with van der Waals surface area (Å²) in [4.78, 5) is 11.5. The van der Waals surface area contributed by atoms with Gasteiger partial charge in [-0.1, -0.05) is 36.4 Å². The maximum Gasteiger partial charge on any atom is 0.167 e. The third-order valence-corrected chi connectivity index (χ3v) is 2.64. The Morgan fingerprint density at radius 2 is 1.53 bits per heavy atom. The largest absolute Gasteiger partial charge is 0.400 e. The number of hydrogen-bond acceptors (Lipinski definition) is 3. The topological polar surface area (TPSA) is 57.5 Å². The molecule has 17 heavy (non-hydrogen) atoms. The highest BCUT2D eigenvalue weighted by molar-refractivity contribution is 6.15. The van der Waals surface area contributed by atoms with E-state index in [1.807, 2.05) is 24.3 Å². The van der Waals surface area contributed by atoms with Crippen molar-refractivity contribution >= 4 is 16.6 Å². The molecule has 1 aliphatic rings. The Balaban J connectivity index is 0.000000330. The van der Waals surface area contributed by atoms with E-state index in [9.17, 15) is 4.79 Å². The lowest BCUT2D eigenvalue weighted by Crippen LogP contribution is -1.92. The van der Waals surface area contributed by atoms with Crippen LogP contribution in [-0.4, -0.2) is 30.2 Å². The molecule has 0 bridgehead atoms. The van der Waals surface area contributed by atoms with Crippen LogP contribution >= 0.6 is 0 Å². The molecule has 1 aliphatic carbocycles. The van der Waals surface area contributed by atoms with Crippen LogP contribution in [-0.2, 0) is 6.42 Å². The van der Waals surface area contributed by atoms with Crippen LogP contribution in [0, 0.1) is 0 Å². The molecular formula is C14H16O3. The fourth-order valence-electron chi connectivity index (χ4n) is 2.07. The number of benzene rings is 2. The molecule has 0 aliphatic heterocycles. The van der Waals surface area contributed by atoms with Gasteiger partial charge in [-0.2, -0.15) is 0 Å². The zero-order valence-electron chi connectivity index (χ0n) is 9.97. The summed E-state index contributed by atoms with van der Waals surface area (Å²) >= 11 is 0. The van der Waals surface area contributed by atoms with Crippen molar-refractivity contribution in [2.24, 2.45) is 0 Å². The van der Waals surface area contributed by atoms with Crippen molar-refractivity contribution in [1.82, 2.24) is 0 Å². The van der Waals surface area contributed by atoms with Gasteiger partial charge in [-0.3, -0.25) is 4.79 Å². The monoisotopic (exact) mass is 232 g/mol. The summed E-state index contributed by atoms with van der Waals surface area (Å²) < 4.78 is 0. The maximum atomic E-state index is 11.5. The molecule has 0 saturated heterocycles. The van der Waals surface area contributed by atoms with Crippen molar-refractivity contribution in [3.8, 4) is 0 Å². The Morgan fingerprint density at radius 3 is 2.18 bits per heavy atom. The van der Waals surface area contributed by atoms with Gasteiger partial charge < -0.3 is 10.2 Å². The maximum absolute atomic E-state index is 11.5. The van der Waals surface area contributed by atoms with Crippen LogP contribution in [0.3, 0.4) is 0 Å². The summed E-state index contributed by atoms with van der Waals surface area (Å²) in [5.74, 6) is 0.256. The number of carbonyl (C=O) groups excluding carboxylic acids is 1. The summed E-state index contributed by atoms with van der Waals surface area (Å²) in [6.45, 7) is 0. The average molecular weight is 232 g/mol. The molecule has 0 fully saturated rings. The van der Waals surface area contributed by atoms with E-state index in [2.05, 4.69) is 12.1 Å². The molecule has 2 aromatic carbocycles. The second-order valence-electron chi connectivity index (χ2n) is 3.42. The van der Waals surface area contributed by atoms with Gasteiger partial charge in [-0.05, 0) is 16.3 Å². The summed E-state index contributed by atoms with van der Waals surface area (Å²) in [5, 5.41) is 16.3. The van der Waals surface area contributed by atoms with Crippen LogP contribution in [0.1, 0.15) is 15.9 Å². The SMILES string of the molecule is CO.CO.O=C1Cc2cccc3cccc1c23. The predicted octanol–water partition coefficient (Wildman–Crippen LogP) is 1.80. The van der Waals surface area contributed by atoms with E-state index in [0.29, 0.717) is 6.42 Å². The molecule has 2 N–H and O–H groups in total. The van der Waals surface area contributed by atoms with Crippen molar-refractivity contribution in [3.05, 3.63) is 47.5 Å². The molecule has 0 amide bonds. The second kappa shape index (κ2) is 6.13. The van der Waals surface area contributed by atoms with Crippen LogP contribution in [0.25, 0.3) is 10.8 Å². The van der Waals surface area contributed by atoms with E-state index < -0.39 is 0 Å². The molecule has 3 rings (SSSR count). The normalized spacial score (nSPS) is 11.4. The van der Waals surface area contributed by atoms with E-state index in [1.165, 1.54) is 10.9 Å². The Labute approximate surface area is 100 Å². The minimum Gasteiger partial charge on any atom is -0.400 e. The molecule has 2 aromatic rings. The van der Waals surface area contributed by atoms with Gasteiger partial charge in [-0.15, -0.1) is 0 Å². The van der Waals surface area contributed by atoms with Crippen molar-refractivity contribution < 1.29 is 15.0 Å². The number of hydrogen-bond donors (Lipinski definition) is 2. The van der Waals surface area contributed by atoms with Crippen LogP contribution in [0.5, 0.6) is 0 Å². The fraction of sp³-hybridized carbons (Fsp3) is 0.214. The Hall–Kier alpha value is -1.71. The predicted molar refractivity (Wildman–Crippen MR) is 68.3 cm³/mol. The minimum atomic E-state index is 0.256. The summed E-state index contributed by atoms with van der Waals surface area (Å²) in [7, 11) is 2.00. The quantitative estimate of drug-likeness (QED) is 0.728. The molecule has 3 nitrogen and oxygen atoms in total. The molecule has 0 spiro atoms. The highest BCUT2D eigenvalue weighted by atomic mass is 16.2. The van der Waals surface area contributed by atoms with Crippen LogP contribution in [0.2, 0.25) is 0 Å². The molecule has 0 radical (unpaired) electrons. The molecule has 0 atom stereocenters. The Morgan fingerprint density at radius 1 is 0.941 bits per heavy atom. The molecule has 90 valence electrons. The van der Waals surface area contributed by atoms with Crippen molar-refractivity contribution in [2.45, 2.75) is 6.42 Å². The number of carbonyl (C=O) groups is 1. The van der Waals surface area contributed by atoms with E-state index in [4.69, 9.17) is 10.2 Å². The third kappa shape index (κ3) is 2.35. The highest BCUT2D eigenvalue weighted by Crippen LogP contribution is 2.29. The van der Waals surface area contributed by atoms with E-state index in [0.717, 1.165) is 25.2 Å². The van der Waals surface area contributed by atoms with Crippen molar-refractivity contribution in [3.63, 3.8) is 0 Å². The fourth-order valence-corrected chi connectivity index (χ4v) is 2.07. The number of aliphatic hydroxyl groups excluding tert-OH is 2. The van der Waals surface area contributed by atoms with Gasteiger partial charge in [0.25, 0.3) is 0 Å². The number of Topliss-reactive ketones (excluding diaryl/α,β-unsaturated/α-hetero) is 1. The van der Waals surface area contributed by atoms with E-state index in [-0.39, 0.29) is 5.78 Å². The minimum absolute atomic E-state index is 0.256. The first kappa shape index (κ1) is 13.4. The highest BCUT2D eigenvalue weighted by Gasteiger charge is 2.20. The van der Waals surface area contributed by atoms with Crippen LogP contribution < -0.4 is 0 Å². The average Bonchev–Trinajstić information content (AvgIpc) is 2.74. The van der Waals surface area contributed by atoms with Gasteiger partial charge >= 0.3 is 0 Å². The summed E-state index contributed by atoms with van der Waals surface area (Å²) in [6.07, 6.45) is 0.580. The second-order valence-corrected chi connectivity index (χ2v) is 3.42. The van der Waals surface area contributed by atoms with Gasteiger partial charge in [-0.25, -0.2) is 0 Å². The van der Waals surface area contributed by atoms with Gasteiger partial charge in [0.1, 0.15) is 0 Å². The molecular weight excluding hydrogens is 216 g/mol. The number of ketones is 1.